The first-order valence-electron chi connectivity index (χ1n) is 8.26. The predicted octanol–water partition coefficient (Wildman–Crippen LogP) is 2.91. The van der Waals surface area contributed by atoms with Gasteiger partial charge in [-0.1, -0.05) is 12.1 Å². The predicted molar refractivity (Wildman–Crippen MR) is 105 cm³/mol. The van der Waals surface area contributed by atoms with Crippen LogP contribution < -0.4 is 10.6 Å². The number of amides is 2. The molecule has 0 spiro atoms. The summed E-state index contributed by atoms with van der Waals surface area (Å²) in [5.74, 6) is -2.25. The van der Waals surface area contributed by atoms with Crippen LogP contribution in [0.3, 0.4) is 0 Å². The fraction of sp³-hybridized carbons (Fsp3) is 0.263. The van der Waals surface area contributed by atoms with Crippen molar-refractivity contribution in [1.82, 2.24) is 0 Å². The maximum atomic E-state index is 12.4. The highest BCUT2D eigenvalue weighted by molar-refractivity contribution is 7.16. The first-order chi connectivity index (χ1) is 13.2. The zero-order valence-corrected chi connectivity index (χ0v) is 16.7. The van der Waals surface area contributed by atoms with E-state index < -0.39 is 24.5 Å². The summed E-state index contributed by atoms with van der Waals surface area (Å²) in [4.78, 5) is 48.5. The van der Waals surface area contributed by atoms with Gasteiger partial charge < -0.3 is 20.1 Å². The van der Waals surface area contributed by atoms with Gasteiger partial charge in [-0.25, -0.2) is 9.59 Å². The monoisotopic (exact) mass is 404 g/mol. The number of aryl methyl sites for hydroxylation is 1. The average Bonchev–Trinajstić information content (AvgIpc) is 2.92. The topological polar surface area (TPSA) is 111 Å². The van der Waals surface area contributed by atoms with Gasteiger partial charge in [-0.15, -0.1) is 11.3 Å². The number of hydrogen-bond acceptors (Lipinski definition) is 7. The van der Waals surface area contributed by atoms with E-state index in [0.29, 0.717) is 10.6 Å². The van der Waals surface area contributed by atoms with Gasteiger partial charge in [0, 0.05) is 11.8 Å². The average molecular weight is 404 g/mol. The molecule has 8 nitrogen and oxygen atoms in total. The Morgan fingerprint density at radius 3 is 2.36 bits per heavy atom. The van der Waals surface area contributed by atoms with Gasteiger partial charge in [0.05, 0.1) is 23.9 Å². The van der Waals surface area contributed by atoms with E-state index in [1.807, 2.05) is 6.92 Å². The normalized spacial score (nSPS) is 10.1. The van der Waals surface area contributed by atoms with Gasteiger partial charge in [0.25, 0.3) is 5.91 Å². The number of hydrogen-bond donors (Lipinski definition) is 2. The van der Waals surface area contributed by atoms with Crippen molar-refractivity contribution >= 4 is 45.8 Å². The molecule has 0 unspecified atom stereocenters. The molecule has 0 radical (unpaired) electrons. The van der Waals surface area contributed by atoms with Gasteiger partial charge in [-0.2, -0.15) is 0 Å². The summed E-state index contributed by atoms with van der Waals surface area (Å²) in [6.45, 7) is 4.34. The summed E-state index contributed by atoms with van der Waals surface area (Å²) < 4.78 is 9.76. The Bertz CT molecular complexity index is 935. The Kier molecular flexibility index (Phi) is 6.89. The Morgan fingerprint density at radius 1 is 1.04 bits per heavy atom. The van der Waals surface area contributed by atoms with E-state index in [-0.39, 0.29) is 22.7 Å². The lowest BCUT2D eigenvalue weighted by molar-refractivity contribution is -0.119. The van der Waals surface area contributed by atoms with Crippen LogP contribution in [0.4, 0.5) is 10.7 Å². The molecule has 2 rings (SSSR count). The smallest absolute Gasteiger partial charge is 0.341 e. The summed E-state index contributed by atoms with van der Waals surface area (Å²) in [6.07, 6.45) is 0. The fourth-order valence-corrected chi connectivity index (χ4v) is 3.48. The number of nitrogens with one attached hydrogen (secondary N) is 2. The van der Waals surface area contributed by atoms with E-state index in [1.54, 1.807) is 19.1 Å². The number of carbonyl (C=O) groups excluding carboxylic acids is 4. The van der Waals surface area contributed by atoms with Crippen molar-refractivity contribution in [3.63, 3.8) is 0 Å². The maximum absolute atomic E-state index is 12.4. The minimum absolute atomic E-state index is 0.182. The molecule has 0 aliphatic carbocycles. The third-order valence-corrected chi connectivity index (χ3v) is 4.94. The SMILES string of the molecule is COC(=O)c1ccccc1NC(=O)COC(=O)c1c(NC(C)=O)sc(C)c1C. The van der Waals surface area contributed by atoms with Crippen LogP contribution in [0.2, 0.25) is 0 Å². The minimum Gasteiger partial charge on any atom is -0.465 e. The maximum Gasteiger partial charge on any atom is 0.341 e. The highest BCUT2D eigenvalue weighted by Gasteiger charge is 2.22. The molecule has 0 bridgehead atoms. The fourth-order valence-electron chi connectivity index (χ4n) is 2.39. The molecule has 148 valence electrons. The van der Waals surface area contributed by atoms with Crippen molar-refractivity contribution < 1.29 is 28.7 Å². The van der Waals surface area contributed by atoms with Crippen LogP contribution in [-0.4, -0.2) is 37.5 Å². The van der Waals surface area contributed by atoms with Crippen molar-refractivity contribution in [2.75, 3.05) is 24.4 Å². The van der Waals surface area contributed by atoms with Crippen LogP contribution in [0, 0.1) is 13.8 Å². The van der Waals surface area contributed by atoms with Crippen molar-refractivity contribution in [3.8, 4) is 0 Å². The first kappa shape index (κ1) is 21.1. The van der Waals surface area contributed by atoms with Gasteiger partial charge in [0.1, 0.15) is 5.00 Å². The van der Waals surface area contributed by atoms with Crippen LogP contribution >= 0.6 is 11.3 Å². The molecule has 2 aromatic rings. The standard InChI is InChI=1S/C19H20N2O6S/c1-10-11(2)28-17(20-12(3)22)16(10)19(25)27-9-15(23)21-14-8-6-5-7-13(14)18(24)26-4/h5-8H,9H2,1-4H3,(H,20,22)(H,21,23). The molecule has 1 aromatic carbocycles. The Balaban J connectivity index is 2.07. The zero-order chi connectivity index (χ0) is 20.8. The van der Waals surface area contributed by atoms with Gasteiger partial charge in [0.15, 0.2) is 6.61 Å². The van der Waals surface area contributed by atoms with Gasteiger partial charge in [0.2, 0.25) is 5.91 Å². The Labute approximate surface area is 165 Å². The van der Waals surface area contributed by atoms with Gasteiger partial charge in [-0.3, -0.25) is 9.59 Å². The number of methoxy groups -OCH3 is 1. The molecule has 0 fully saturated rings. The molecule has 2 amide bonds. The largest absolute Gasteiger partial charge is 0.465 e. The van der Waals surface area contributed by atoms with E-state index in [9.17, 15) is 19.2 Å². The number of esters is 2. The van der Waals surface area contributed by atoms with Crippen LogP contribution in [-0.2, 0) is 19.1 Å². The van der Waals surface area contributed by atoms with E-state index in [2.05, 4.69) is 15.4 Å². The highest BCUT2D eigenvalue weighted by atomic mass is 32.1. The van der Waals surface area contributed by atoms with Crippen LogP contribution in [0.15, 0.2) is 24.3 Å². The molecule has 1 aromatic heterocycles. The molecule has 0 saturated heterocycles. The number of ether oxygens (including phenoxy) is 2. The lowest BCUT2D eigenvalue weighted by atomic mass is 10.1. The van der Waals surface area contributed by atoms with Crippen molar-refractivity contribution in [2.45, 2.75) is 20.8 Å². The van der Waals surface area contributed by atoms with E-state index in [4.69, 9.17) is 4.74 Å². The second-order valence-corrected chi connectivity index (χ2v) is 7.05. The van der Waals surface area contributed by atoms with E-state index in [0.717, 1.165) is 4.88 Å². The molecule has 0 saturated carbocycles. The molecule has 0 atom stereocenters. The summed E-state index contributed by atoms with van der Waals surface area (Å²) in [7, 11) is 1.24. The van der Waals surface area contributed by atoms with Gasteiger partial charge >= 0.3 is 11.9 Å². The molecule has 1 heterocycles. The van der Waals surface area contributed by atoms with Crippen LogP contribution in [0.25, 0.3) is 0 Å². The van der Waals surface area contributed by atoms with Crippen molar-refractivity contribution in [2.24, 2.45) is 0 Å². The molecule has 28 heavy (non-hydrogen) atoms. The Hall–Kier alpha value is -3.20. The number of anilines is 2. The van der Waals surface area contributed by atoms with Crippen LogP contribution in [0.1, 0.15) is 38.1 Å². The second-order valence-electron chi connectivity index (χ2n) is 5.83. The lowest BCUT2D eigenvalue weighted by Crippen LogP contribution is -2.23. The van der Waals surface area contributed by atoms with Crippen molar-refractivity contribution in [1.29, 1.82) is 0 Å². The third-order valence-electron chi connectivity index (χ3n) is 3.82. The lowest BCUT2D eigenvalue weighted by Gasteiger charge is -2.10. The molecule has 2 N–H and O–H groups in total. The second kappa shape index (κ2) is 9.14. The number of thiophene rings is 1. The van der Waals surface area contributed by atoms with Crippen molar-refractivity contribution in [3.05, 3.63) is 45.8 Å². The minimum atomic E-state index is -0.720. The van der Waals surface area contributed by atoms with E-state index >= 15 is 0 Å². The quantitative estimate of drug-likeness (QED) is 0.716. The molecule has 0 aliphatic rings. The number of benzene rings is 1. The number of rotatable bonds is 6. The summed E-state index contributed by atoms with van der Waals surface area (Å²) in [5.41, 5.74) is 1.33. The number of carbonyl (C=O) groups is 4. The zero-order valence-electron chi connectivity index (χ0n) is 15.9. The first-order valence-corrected chi connectivity index (χ1v) is 9.08. The third kappa shape index (κ3) is 4.95. The summed E-state index contributed by atoms with van der Waals surface area (Å²) in [5, 5.41) is 5.49. The highest BCUT2D eigenvalue weighted by Crippen LogP contribution is 2.33. The van der Waals surface area contributed by atoms with E-state index in [1.165, 1.54) is 37.5 Å². The summed E-state index contributed by atoms with van der Waals surface area (Å²) >= 11 is 1.26. The number of para-hydroxylation sites is 1. The summed E-state index contributed by atoms with van der Waals surface area (Å²) in [6, 6.07) is 6.32. The molecular formula is C19H20N2O6S. The van der Waals surface area contributed by atoms with Crippen LogP contribution in [0.5, 0.6) is 0 Å². The molecule has 0 aliphatic heterocycles. The van der Waals surface area contributed by atoms with Gasteiger partial charge in [-0.05, 0) is 31.5 Å². The Morgan fingerprint density at radius 2 is 1.71 bits per heavy atom. The molecular weight excluding hydrogens is 384 g/mol. The molecule has 9 heteroatoms.